The van der Waals surface area contributed by atoms with Crippen molar-refractivity contribution in [3.63, 3.8) is 0 Å². The highest BCUT2D eigenvalue weighted by Gasteiger charge is 2.25. The van der Waals surface area contributed by atoms with Crippen LogP contribution >= 0.6 is 11.3 Å². The molecule has 0 aliphatic rings. The summed E-state index contributed by atoms with van der Waals surface area (Å²) >= 11 is 1.23. The van der Waals surface area contributed by atoms with Crippen molar-refractivity contribution in [1.29, 1.82) is 10.5 Å². The predicted octanol–water partition coefficient (Wildman–Crippen LogP) is 4.24. The molecule has 2 rings (SSSR count). The Morgan fingerprint density at radius 3 is 2.48 bits per heavy atom. The maximum absolute atomic E-state index is 12.7. The first-order valence-corrected chi connectivity index (χ1v) is 8.95. The lowest BCUT2D eigenvalue weighted by Crippen LogP contribution is -2.08. The van der Waals surface area contributed by atoms with E-state index in [1.54, 1.807) is 18.2 Å². The number of esters is 1. The molecule has 0 saturated carbocycles. The Bertz CT molecular complexity index is 944. The van der Waals surface area contributed by atoms with Gasteiger partial charge in [-0.05, 0) is 18.6 Å². The number of nitriles is 2. The van der Waals surface area contributed by atoms with E-state index in [2.05, 4.69) is 4.99 Å². The normalized spacial score (nSPS) is 10.1. The molecule has 0 aliphatic carbocycles. The van der Waals surface area contributed by atoms with Crippen LogP contribution in [0.3, 0.4) is 0 Å². The number of nitrogens with zero attached hydrogens (tertiary/aromatic N) is 4. The van der Waals surface area contributed by atoms with Crippen LogP contribution in [0.2, 0.25) is 0 Å². The van der Waals surface area contributed by atoms with Gasteiger partial charge >= 0.3 is 5.97 Å². The minimum Gasteiger partial charge on any atom is -0.462 e. The quantitative estimate of drug-likeness (QED) is 0.324. The highest BCUT2D eigenvalue weighted by Crippen LogP contribution is 2.43. The third kappa shape index (κ3) is 4.81. The molecule has 0 fully saturated rings. The van der Waals surface area contributed by atoms with Crippen molar-refractivity contribution < 1.29 is 9.53 Å². The maximum Gasteiger partial charge on any atom is 0.341 e. The summed E-state index contributed by atoms with van der Waals surface area (Å²) in [5.41, 5.74) is 1.66. The summed E-state index contributed by atoms with van der Waals surface area (Å²) in [4.78, 5) is 19.4. The largest absolute Gasteiger partial charge is 0.462 e. The van der Waals surface area contributed by atoms with Crippen LogP contribution in [0.4, 0.5) is 5.00 Å². The maximum atomic E-state index is 12.7. The van der Waals surface area contributed by atoms with E-state index < -0.39 is 5.97 Å². The molecular formula is C20H18N4O2S. The van der Waals surface area contributed by atoms with Crippen molar-refractivity contribution in [2.45, 2.75) is 6.92 Å². The monoisotopic (exact) mass is 378 g/mol. The molecule has 136 valence electrons. The molecule has 27 heavy (non-hydrogen) atoms. The minimum atomic E-state index is -0.492. The lowest BCUT2D eigenvalue weighted by atomic mass is 10.0. The summed E-state index contributed by atoms with van der Waals surface area (Å²) in [6.45, 7) is 1.96. The number of aliphatic imine (C=N–C) groups is 1. The van der Waals surface area contributed by atoms with Crippen LogP contribution in [-0.2, 0) is 4.74 Å². The topological polar surface area (TPSA) is 89.5 Å². The molecule has 0 amide bonds. The lowest BCUT2D eigenvalue weighted by molar-refractivity contribution is 0.0529. The number of hydrogen-bond acceptors (Lipinski definition) is 6. The molecule has 1 heterocycles. The molecule has 0 aliphatic heterocycles. The van der Waals surface area contributed by atoms with Gasteiger partial charge in [-0.2, -0.15) is 10.5 Å². The smallest absolute Gasteiger partial charge is 0.341 e. The summed E-state index contributed by atoms with van der Waals surface area (Å²) < 4.78 is 5.24. The van der Waals surface area contributed by atoms with Gasteiger partial charge in [-0.25, -0.2) is 9.79 Å². The van der Waals surface area contributed by atoms with Crippen molar-refractivity contribution in [3.05, 3.63) is 46.3 Å². The van der Waals surface area contributed by atoms with Crippen LogP contribution in [0.25, 0.3) is 17.2 Å². The van der Waals surface area contributed by atoms with Gasteiger partial charge in [0, 0.05) is 24.5 Å². The van der Waals surface area contributed by atoms with Crippen molar-refractivity contribution in [3.8, 4) is 23.3 Å². The Labute approximate surface area is 162 Å². The lowest BCUT2D eigenvalue weighted by Gasteiger charge is -2.07. The molecule has 0 saturated heterocycles. The number of thiophene rings is 1. The number of carbonyl (C=O) groups is 1. The van der Waals surface area contributed by atoms with Crippen molar-refractivity contribution in [1.82, 2.24) is 4.90 Å². The predicted molar refractivity (Wildman–Crippen MR) is 107 cm³/mol. The van der Waals surface area contributed by atoms with Crippen molar-refractivity contribution >= 4 is 34.7 Å². The highest BCUT2D eigenvalue weighted by atomic mass is 32.1. The molecule has 0 unspecified atom stereocenters. The first-order chi connectivity index (χ1) is 13.0. The number of rotatable bonds is 6. The van der Waals surface area contributed by atoms with Gasteiger partial charge in [-0.15, -0.1) is 11.3 Å². The summed E-state index contributed by atoms with van der Waals surface area (Å²) in [5.74, 6) is -0.492. The first-order valence-electron chi connectivity index (χ1n) is 8.13. The molecule has 0 radical (unpaired) electrons. The van der Waals surface area contributed by atoms with Gasteiger partial charge in [0.1, 0.15) is 28.3 Å². The molecule has 0 N–H and O–H groups in total. The van der Waals surface area contributed by atoms with Gasteiger partial charge in [0.2, 0.25) is 0 Å². The summed E-state index contributed by atoms with van der Waals surface area (Å²) in [6.07, 6.45) is 3.07. The SMILES string of the molecule is CCOC(=O)c1c(N=CN(C)C)sc(C=C(C#N)C#N)c1-c1ccccc1. The van der Waals surface area contributed by atoms with Crippen LogP contribution < -0.4 is 0 Å². The highest BCUT2D eigenvalue weighted by molar-refractivity contribution is 7.17. The van der Waals surface area contributed by atoms with Crippen LogP contribution in [0.1, 0.15) is 22.2 Å². The number of allylic oxidation sites excluding steroid dienone is 1. The zero-order valence-corrected chi connectivity index (χ0v) is 16.1. The second kappa shape index (κ2) is 9.33. The van der Waals surface area contributed by atoms with Crippen molar-refractivity contribution in [2.24, 2.45) is 4.99 Å². The molecule has 7 heteroatoms. The Balaban J connectivity index is 2.82. The van der Waals surface area contributed by atoms with E-state index in [0.717, 1.165) is 5.56 Å². The van der Waals surface area contributed by atoms with Gasteiger partial charge < -0.3 is 9.64 Å². The number of ether oxygens (including phenoxy) is 1. The van der Waals surface area contributed by atoms with Gasteiger partial charge in [-0.1, -0.05) is 30.3 Å². The summed E-state index contributed by atoms with van der Waals surface area (Å²) in [5, 5.41) is 18.7. The second-order valence-electron chi connectivity index (χ2n) is 5.60. The summed E-state index contributed by atoms with van der Waals surface area (Å²) in [7, 11) is 3.65. The van der Waals surface area contributed by atoms with E-state index >= 15 is 0 Å². The third-order valence-corrected chi connectivity index (χ3v) is 4.43. The molecular weight excluding hydrogens is 360 g/mol. The van der Waals surface area contributed by atoms with E-state index in [1.165, 1.54) is 17.4 Å². The number of hydrogen-bond donors (Lipinski definition) is 0. The van der Waals surface area contributed by atoms with Crippen LogP contribution in [-0.4, -0.2) is 37.9 Å². The molecule has 6 nitrogen and oxygen atoms in total. The zero-order chi connectivity index (χ0) is 19.8. The van der Waals surface area contributed by atoms with Crippen LogP contribution in [0.15, 0.2) is 40.9 Å². The molecule has 1 aromatic carbocycles. The van der Waals surface area contributed by atoms with Gasteiger partial charge in [0.15, 0.2) is 0 Å². The number of carbonyl (C=O) groups excluding carboxylic acids is 1. The molecule has 1 aromatic heterocycles. The van der Waals surface area contributed by atoms with Gasteiger partial charge in [-0.3, -0.25) is 0 Å². The Kier molecular flexibility index (Phi) is 6.87. The summed E-state index contributed by atoms with van der Waals surface area (Å²) in [6, 6.07) is 13.0. The van der Waals surface area contributed by atoms with E-state index in [4.69, 9.17) is 15.3 Å². The molecule has 0 atom stereocenters. The fourth-order valence-electron chi connectivity index (χ4n) is 2.30. The average molecular weight is 378 g/mol. The van der Waals surface area contributed by atoms with Crippen LogP contribution in [0, 0.1) is 22.7 Å². The van der Waals surface area contributed by atoms with E-state index in [-0.39, 0.29) is 12.2 Å². The minimum absolute atomic E-state index is 0.0491. The van der Waals surface area contributed by atoms with Gasteiger partial charge in [0.25, 0.3) is 0 Å². The molecule has 0 spiro atoms. The van der Waals surface area contributed by atoms with Crippen molar-refractivity contribution in [2.75, 3.05) is 20.7 Å². The zero-order valence-electron chi connectivity index (χ0n) is 15.3. The number of benzene rings is 1. The fraction of sp³-hybridized carbons (Fsp3) is 0.200. The Morgan fingerprint density at radius 1 is 1.26 bits per heavy atom. The third-order valence-electron chi connectivity index (χ3n) is 3.38. The van der Waals surface area contributed by atoms with E-state index in [0.29, 0.717) is 21.0 Å². The molecule has 2 aromatic rings. The standard InChI is InChI=1S/C20H18N4O2S/c1-4-26-20(25)18-17(15-8-6-5-7-9-15)16(10-14(11-21)12-22)27-19(18)23-13-24(2)3/h5-10,13H,4H2,1-3H3. The van der Waals surface area contributed by atoms with Crippen LogP contribution in [0.5, 0.6) is 0 Å². The Hall–Kier alpha value is -3.42. The fourth-order valence-corrected chi connectivity index (χ4v) is 3.40. The molecule has 0 bridgehead atoms. The Morgan fingerprint density at radius 2 is 1.93 bits per heavy atom. The second-order valence-corrected chi connectivity index (χ2v) is 6.63. The van der Waals surface area contributed by atoms with Gasteiger partial charge in [0.05, 0.1) is 12.9 Å². The van der Waals surface area contributed by atoms with E-state index in [9.17, 15) is 4.79 Å². The van der Waals surface area contributed by atoms with E-state index in [1.807, 2.05) is 56.6 Å². The average Bonchev–Trinajstić information content (AvgIpc) is 3.03. The first kappa shape index (κ1) is 19.9.